The lowest BCUT2D eigenvalue weighted by molar-refractivity contribution is -0.140. The van der Waals surface area contributed by atoms with E-state index in [1.807, 2.05) is 30.3 Å². The number of likely N-dealkylation sites (N-methyl/N-ethyl adjacent to an activating group) is 1. The second-order valence-electron chi connectivity index (χ2n) is 7.42. The minimum atomic E-state index is -3.85. The first-order valence-corrected chi connectivity index (χ1v) is 12.1. The summed E-state index contributed by atoms with van der Waals surface area (Å²) < 4.78 is 26.1. The van der Waals surface area contributed by atoms with Gasteiger partial charge in [0, 0.05) is 19.2 Å². The van der Waals surface area contributed by atoms with Gasteiger partial charge in [0.15, 0.2) is 5.78 Å². The van der Waals surface area contributed by atoms with Crippen molar-refractivity contribution in [2.75, 3.05) is 24.2 Å². The van der Waals surface area contributed by atoms with Crippen molar-refractivity contribution in [2.45, 2.75) is 32.9 Å². The van der Waals surface area contributed by atoms with Crippen LogP contribution in [0.5, 0.6) is 0 Å². The Bertz CT molecular complexity index is 1070. The van der Waals surface area contributed by atoms with Crippen molar-refractivity contribution in [1.82, 2.24) is 10.2 Å². The third-order valence-corrected chi connectivity index (χ3v) is 6.19. The maximum absolute atomic E-state index is 13.4. The van der Waals surface area contributed by atoms with Gasteiger partial charge >= 0.3 is 0 Å². The van der Waals surface area contributed by atoms with Gasteiger partial charge in [0.2, 0.25) is 21.8 Å². The van der Waals surface area contributed by atoms with Crippen LogP contribution in [0.4, 0.5) is 5.69 Å². The first kappa shape index (κ1) is 25.1. The van der Waals surface area contributed by atoms with E-state index in [9.17, 15) is 22.8 Å². The highest BCUT2D eigenvalue weighted by Crippen LogP contribution is 2.21. The lowest BCUT2D eigenvalue weighted by Gasteiger charge is -2.32. The first-order valence-electron chi connectivity index (χ1n) is 10.2. The molecule has 0 aliphatic carbocycles. The SMILES string of the molecule is CCC(C(=O)NC)N(Cc1ccccc1)C(=O)CN(c1cccc(C(C)=O)c1)S(C)(=O)=O. The fourth-order valence-electron chi connectivity index (χ4n) is 3.36. The Kier molecular flexibility index (Phi) is 8.54. The Labute approximate surface area is 189 Å². The summed E-state index contributed by atoms with van der Waals surface area (Å²) in [5.41, 5.74) is 1.36. The molecule has 2 aromatic rings. The van der Waals surface area contributed by atoms with E-state index in [1.165, 1.54) is 31.0 Å². The molecule has 1 atom stereocenters. The molecule has 0 fully saturated rings. The van der Waals surface area contributed by atoms with Crippen LogP contribution in [0, 0.1) is 0 Å². The molecule has 0 saturated carbocycles. The smallest absolute Gasteiger partial charge is 0.244 e. The van der Waals surface area contributed by atoms with Gasteiger partial charge in [-0.15, -0.1) is 0 Å². The van der Waals surface area contributed by atoms with Gasteiger partial charge in [0.25, 0.3) is 0 Å². The number of rotatable bonds is 10. The van der Waals surface area contributed by atoms with Crippen LogP contribution in [0.1, 0.15) is 36.2 Å². The number of benzene rings is 2. The minimum Gasteiger partial charge on any atom is -0.357 e. The summed E-state index contributed by atoms with van der Waals surface area (Å²) in [5.74, 6) is -1.08. The first-order chi connectivity index (χ1) is 15.1. The summed E-state index contributed by atoms with van der Waals surface area (Å²) in [6.07, 6.45) is 1.36. The molecule has 0 aromatic heterocycles. The maximum Gasteiger partial charge on any atom is 0.244 e. The van der Waals surface area contributed by atoms with E-state index in [1.54, 1.807) is 19.1 Å². The lowest BCUT2D eigenvalue weighted by atomic mass is 10.1. The molecule has 0 spiro atoms. The molecule has 1 N–H and O–H groups in total. The van der Waals surface area contributed by atoms with Gasteiger partial charge in [0.05, 0.1) is 11.9 Å². The number of sulfonamides is 1. The monoisotopic (exact) mass is 459 g/mol. The lowest BCUT2D eigenvalue weighted by Crippen LogP contribution is -2.51. The highest BCUT2D eigenvalue weighted by atomic mass is 32.2. The fraction of sp³-hybridized carbons (Fsp3) is 0.348. The summed E-state index contributed by atoms with van der Waals surface area (Å²) in [6.45, 7) is 2.82. The average Bonchev–Trinajstić information content (AvgIpc) is 2.76. The number of nitrogens with one attached hydrogen (secondary N) is 1. The van der Waals surface area contributed by atoms with Crippen LogP contribution in [0.2, 0.25) is 0 Å². The Balaban J connectivity index is 2.44. The molecule has 0 saturated heterocycles. The summed E-state index contributed by atoms with van der Waals surface area (Å²) in [4.78, 5) is 39.0. The third kappa shape index (κ3) is 6.40. The molecule has 2 amide bonds. The number of carbonyl (C=O) groups excluding carboxylic acids is 3. The van der Waals surface area contributed by atoms with Gasteiger partial charge in [-0.1, -0.05) is 49.4 Å². The van der Waals surface area contributed by atoms with Crippen molar-refractivity contribution in [3.63, 3.8) is 0 Å². The summed E-state index contributed by atoms with van der Waals surface area (Å²) in [5, 5.41) is 2.57. The normalized spacial score (nSPS) is 12.0. The summed E-state index contributed by atoms with van der Waals surface area (Å²) >= 11 is 0. The van der Waals surface area contributed by atoms with Crippen LogP contribution in [0.3, 0.4) is 0 Å². The molecule has 2 rings (SSSR count). The summed E-state index contributed by atoms with van der Waals surface area (Å²) in [6, 6.07) is 14.5. The zero-order valence-electron chi connectivity index (χ0n) is 18.7. The number of anilines is 1. The van der Waals surface area contributed by atoms with E-state index in [4.69, 9.17) is 0 Å². The average molecular weight is 460 g/mol. The molecule has 0 bridgehead atoms. The van der Waals surface area contributed by atoms with Gasteiger partial charge in [-0.25, -0.2) is 8.42 Å². The number of amides is 2. The van der Waals surface area contributed by atoms with Crippen molar-refractivity contribution in [1.29, 1.82) is 0 Å². The molecule has 9 heteroatoms. The molecule has 0 radical (unpaired) electrons. The molecular weight excluding hydrogens is 430 g/mol. The van der Waals surface area contributed by atoms with Crippen molar-refractivity contribution in [3.05, 3.63) is 65.7 Å². The molecule has 32 heavy (non-hydrogen) atoms. The number of nitrogens with zero attached hydrogens (tertiary/aromatic N) is 2. The predicted molar refractivity (Wildman–Crippen MR) is 124 cm³/mol. The third-order valence-electron chi connectivity index (χ3n) is 5.05. The standard InChI is InChI=1S/C23H29N3O5S/c1-5-21(23(29)24-3)25(15-18-10-7-6-8-11-18)22(28)16-26(32(4,30)31)20-13-9-12-19(14-20)17(2)27/h6-14,21H,5,15-16H2,1-4H3,(H,24,29). The maximum atomic E-state index is 13.4. The molecule has 0 aliphatic rings. The molecule has 8 nitrogen and oxygen atoms in total. The van der Waals surface area contributed by atoms with Crippen molar-refractivity contribution < 1.29 is 22.8 Å². The molecular formula is C23H29N3O5S. The van der Waals surface area contributed by atoms with E-state index in [0.29, 0.717) is 12.0 Å². The zero-order chi connectivity index (χ0) is 23.9. The van der Waals surface area contributed by atoms with E-state index in [2.05, 4.69) is 5.32 Å². The van der Waals surface area contributed by atoms with Crippen LogP contribution in [0.15, 0.2) is 54.6 Å². The topological polar surface area (TPSA) is 104 Å². The van der Waals surface area contributed by atoms with Gasteiger partial charge in [-0.05, 0) is 31.0 Å². The van der Waals surface area contributed by atoms with Crippen molar-refractivity contribution in [2.24, 2.45) is 0 Å². The molecule has 0 aliphatic heterocycles. The number of carbonyl (C=O) groups is 3. The second-order valence-corrected chi connectivity index (χ2v) is 9.33. The van der Waals surface area contributed by atoms with E-state index in [-0.39, 0.29) is 23.9 Å². The largest absolute Gasteiger partial charge is 0.357 e. The fourth-order valence-corrected chi connectivity index (χ4v) is 4.20. The van der Waals surface area contributed by atoms with Crippen molar-refractivity contribution in [3.8, 4) is 0 Å². The van der Waals surface area contributed by atoms with Crippen molar-refractivity contribution >= 4 is 33.3 Å². The van der Waals surface area contributed by atoms with Gasteiger partial charge in [0.1, 0.15) is 12.6 Å². The van der Waals surface area contributed by atoms with E-state index < -0.39 is 28.5 Å². The van der Waals surface area contributed by atoms with Gasteiger partial charge in [-0.2, -0.15) is 0 Å². The Morgan fingerprint density at radius 1 is 1.03 bits per heavy atom. The Morgan fingerprint density at radius 3 is 2.22 bits per heavy atom. The number of Topliss-reactive ketones (excluding diaryl/α,β-unsaturated/α-hetero) is 1. The van der Waals surface area contributed by atoms with Gasteiger partial charge in [-0.3, -0.25) is 18.7 Å². The second kappa shape index (κ2) is 10.9. The molecule has 172 valence electrons. The highest BCUT2D eigenvalue weighted by Gasteiger charge is 2.31. The predicted octanol–water partition coefficient (Wildman–Crippen LogP) is 2.21. The van der Waals surface area contributed by atoms with Crippen LogP contribution in [-0.2, 0) is 26.2 Å². The van der Waals surface area contributed by atoms with Crippen LogP contribution in [0.25, 0.3) is 0 Å². The number of hydrogen-bond acceptors (Lipinski definition) is 5. The Hall–Kier alpha value is -3.20. The number of ketones is 1. The van der Waals surface area contributed by atoms with E-state index >= 15 is 0 Å². The zero-order valence-corrected chi connectivity index (χ0v) is 19.6. The number of hydrogen-bond donors (Lipinski definition) is 1. The highest BCUT2D eigenvalue weighted by molar-refractivity contribution is 7.92. The minimum absolute atomic E-state index is 0.149. The molecule has 1 unspecified atom stereocenters. The quantitative estimate of drug-likeness (QED) is 0.549. The Morgan fingerprint density at radius 2 is 1.69 bits per heavy atom. The van der Waals surface area contributed by atoms with Crippen LogP contribution in [-0.4, -0.2) is 56.8 Å². The molecule has 0 heterocycles. The van der Waals surface area contributed by atoms with Crippen LogP contribution < -0.4 is 9.62 Å². The van der Waals surface area contributed by atoms with E-state index in [0.717, 1.165) is 16.1 Å². The molecule has 2 aromatic carbocycles. The summed E-state index contributed by atoms with van der Waals surface area (Å²) in [7, 11) is -2.35. The van der Waals surface area contributed by atoms with Gasteiger partial charge < -0.3 is 10.2 Å². The van der Waals surface area contributed by atoms with Crippen LogP contribution >= 0.6 is 0 Å².